The van der Waals surface area contributed by atoms with Crippen LogP contribution < -0.4 is 16.0 Å². The average Bonchev–Trinajstić information content (AvgIpc) is 3.26. The number of ketones is 1. The third-order valence-electron chi connectivity index (χ3n) is 6.40. The standard InChI is InChI=1S/C23H22ClF3N4O5/c1-10-16(18(33)20(35)30-22(21(36)28-2)8-23(26,27)9-22)15-6-12(32)7-31(15)17(10)19(34)29-11-3-4-14(25)13(24)5-11/h3-5,12,32H,6-9H2,1-2H3,(H,28,36)(H,29,34)(H,30,35)/t12-/m1/s1. The molecule has 1 aromatic heterocycles. The molecule has 1 fully saturated rings. The Balaban J connectivity index is 1.65. The van der Waals surface area contributed by atoms with Gasteiger partial charge in [0.05, 0.1) is 16.7 Å². The summed E-state index contributed by atoms with van der Waals surface area (Å²) in [5.41, 5.74) is -1.61. The predicted molar refractivity (Wildman–Crippen MR) is 122 cm³/mol. The number of amides is 3. The topological polar surface area (TPSA) is 130 Å². The summed E-state index contributed by atoms with van der Waals surface area (Å²) in [6.07, 6.45) is -2.90. The summed E-state index contributed by atoms with van der Waals surface area (Å²) in [5.74, 6) is -7.84. The van der Waals surface area contributed by atoms with Gasteiger partial charge in [-0.3, -0.25) is 19.2 Å². The van der Waals surface area contributed by atoms with Crippen molar-refractivity contribution in [3.05, 3.63) is 51.6 Å². The molecule has 0 radical (unpaired) electrons. The van der Waals surface area contributed by atoms with E-state index >= 15 is 0 Å². The number of anilines is 1. The number of rotatable bonds is 6. The van der Waals surface area contributed by atoms with Crippen LogP contribution in [0.3, 0.4) is 0 Å². The van der Waals surface area contributed by atoms with Gasteiger partial charge < -0.3 is 25.6 Å². The molecule has 1 aliphatic carbocycles. The molecule has 1 aromatic carbocycles. The van der Waals surface area contributed by atoms with E-state index in [1.54, 1.807) is 0 Å². The third kappa shape index (κ3) is 4.35. The van der Waals surface area contributed by atoms with Crippen LogP contribution in [0.2, 0.25) is 5.02 Å². The number of likely N-dealkylation sites (N-methyl/N-ethyl adjacent to an activating group) is 1. The van der Waals surface area contributed by atoms with Gasteiger partial charge in [0.2, 0.25) is 5.91 Å². The SMILES string of the molecule is CNC(=O)C1(NC(=O)C(=O)c2c(C)c(C(=O)Nc3ccc(F)c(Cl)c3)n3c2C[C@@H](O)C3)CC(F)(F)C1. The summed E-state index contributed by atoms with van der Waals surface area (Å²) in [5, 5.41) is 16.9. The first-order chi connectivity index (χ1) is 16.8. The number of hydrogen-bond acceptors (Lipinski definition) is 5. The van der Waals surface area contributed by atoms with Crippen LogP contribution in [0, 0.1) is 12.7 Å². The van der Waals surface area contributed by atoms with Gasteiger partial charge >= 0.3 is 0 Å². The highest BCUT2D eigenvalue weighted by Crippen LogP contribution is 2.46. The molecule has 13 heteroatoms. The van der Waals surface area contributed by atoms with Crippen molar-refractivity contribution in [2.45, 2.75) is 50.3 Å². The monoisotopic (exact) mass is 526 g/mol. The van der Waals surface area contributed by atoms with Gasteiger partial charge in [0.15, 0.2) is 0 Å². The van der Waals surface area contributed by atoms with Crippen molar-refractivity contribution in [2.75, 3.05) is 12.4 Å². The Morgan fingerprint density at radius 2 is 1.86 bits per heavy atom. The van der Waals surface area contributed by atoms with Gasteiger partial charge in [-0.2, -0.15) is 0 Å². The van der Waals surface area contributed by atoms with E-state index in [2.05, 4.69) is 16.0 Å². The Kier molecular flexibility index (Phi) is 6.38. The molecule has 1 atom stereocenters. The molecule has 0 saturated heterocycles. The number of aliphatic hydroxyl groups excluding tert-OH is 1. The lowest BCUT2D eigenvalue weighted by Crippen LogP contribution is -2.69. The van der Waals surface area contributed by atoms with E-state index in [0.29, 0.717) is 0 Å². The van der Waals surface area contributed by atoms with Crippen molar-refractivity contribution >= 4 is 40.8 Å². The second-order valence-corrected chi connectivity index (χ2v) is 9.41. The summed E-state index contributed by atoms with van der Waals surface area (Å²) < 4.78 is 42.0. The minimum Gasteiger partial charge on any atom is -0.391 e. The van der Waals surface area contributed by atoms with Crippen molar-refractivity contribution < 1.29 is 37.5 Å². The van der Waals surface area contributed by atoms with E-state index in [0.717, 1.165) is 6.07 Å². The van der Waals surface area contributed by atoms with Crippen LogP contribution in [0.15, 0.2) is 18.2 Å². The zero-order valence-corrected chi connectivity index (χ0v) is 19.9. The highest BCUT2D eigenvalue weighted by molar-refractivity contribution is 6.44. The van der Waals surface area contributed by atoms with Gasteiger partial charge in [0.25, 0.3) is 23.5 Å². The number of halogens is 4. The van der Waals surface area contributed by atoms with Crippen LogP contribution in [0.25, 0.3) is 0 Å². The number of benzene rings is 1. The normalized spacial score (nSPS) is 19.1. The molecular formula is C23H22ClF3N4O5. The van der Waals surface area contributed by atoms with E-state index in [4.69, 9.17) is 11.6 Å². The zero-order valence-electron chi connectivity index (χ0n) is 19.2. The van der Waals surface area contributed by atoms with Gasteiger partial charge in [-0.1, -0.05) is 11.6 Å². The van der Waals surface area contributed by atoms with E-state index < -0.39 is 59.7 Å². The third-order valence-corrected chi connectivity index (χ3v) is 6.69. The molecule has 1 aliphatic heterocycles. The van der Waals surface area contributed by atoms with E-state index in [-0.39, 0.29) is 46.2 Å². The maximum Gasteiger partial charge on any atom is 0.293 e. The largest absolute Gasteiger partial charge is 0.391 e. The molecule has 2 aliphatic rings. The number of Topliss-reactive ketones (excluding diaryl/α,β-unsaturated/α-hetero) is 1. The predicted octanol–water partition coefficient (Wildman–Crippen LogP) is 1.97. The minimum absolute atomic E-state index is 0.0191. The first kappa shape index (κ1) is 25.7. The molecule has 9 nitrogen and oxygen atoms in total. The summed E-state index contributed by atoms with van der Waals surface area (Å²) in [7, 11) is 1.22. The van der Waals surface area contributed by atoms with Gasteiger partial charge in [-0.15, -0.1) is 0 Å². The second-order valence-electron chi connectivity index (χ2n) is 9.00. The van der Waals surface area contributed by atoms with Crippen molar-refractivity contribution in [1.29, 1.82) is 0 Å². The Labute approximate surface area is 208 Å². The fourth-order valence-electron chi connectivity index (χ4n) is 4.84. The Morgan fingerprint density at radius 3 is 2.44 bits per heavy atom. The molecular weight excluding hydrogens is 505 g/mol. The maximum atomic E-state index is 13.6. The van der Waals surface area contributed by atoms with Crippen molar-refractivity contribution in [2.24, 2.45) is 0 Å². The molecule has 4 rings (SSSR count). The summed E-state index contributed by atoms with van der Waals surface area (Å²) in [6.45, 7) is 1.39. The lowest BCUT2D eigenvalue weighted by molar-refractivity contribution is -0.164. The number of aliphatic hydroxyl groups is 1. The Morgan fingerprint density at radius 1 is 1.19 bits per heavy atom. The maximum absolute atomic E-state index is 13.6. The first-order valence-corrected chi connectivity index (χ1v) is 11.3. The first-order valence-electron chi connectivity index (χ1n) is 10.9. The molecule has 3 amide bonds. The molecule has 2 aromatic rings. The summed E-state index contributed by atoms with van der Waals surface area (Å²) in [6, 6.07) is 3.53. The Bertz CT molecular complexity index is 1300. The number of aromatic nitrogens is 1. The molecule has 2 heterocycles. The van der Waals surface area contributed by atoms with Crippen LogP contribution in [0.1, 0.15) is 44.9 Å². The average molecular weight is 527 g/mol. The lowest BCUT2D eigenvalue weighted by atomic mass is 9.72. The van der Waals surface area contributed by atoms with Crippen LogP contribution in [0.4, 0.5) is 18.9 Å². The molecule has 1 saturated carbocycles. The molecule has 0 unspecified atom stereocenters. The van der Waals surface area contributed by atoms with Gasteiger partial charge in [-0.05, 0) is 30.7 Å². The van der Waals surface area contributed by atoms with Crippen LogP contribution >= 0.6 is 11.6 Å². The van der Waals surface area contributed by atoms with Crippen LogP contribution in [0.5, 0.6) is 0 Å². The highest BCUT2D eigenvalue weighted by atomic mass is 35.5. The number of carbonyl (C=O) groups is 4. The number of carbonyl (C=O) groups excluding carboxylic acids is 4. The second kappa shape index (κ2) is 8.93. The smallest absolute Gasteiger partial charge is 0.293 e. The van der Waals surface area contributed by atoms with E-state index in [1.807, 2.05) is 0 Å². The number of fused-ring (bicyclic) bond motifs is 1. The highest BCUT2D eigenvalue weighted by Gasteiger charge is 2.62. The number of alkyl halides is 2. The molecule has 0 bridgehead atoms. The van der Waals surface area contributed by atoms with Crippen molar-refractivity contribution in [1.82, 2.24) is 15.2 Å². The molecule has 4 N–H and O–H groups in total. The quantitative estimate of drug-likeness (QED) is 0.338. The summed E-state index contributed by atoms with van der Waals surface area (Å²) in [4.78, 5) is 51.3. The summed E-state index contributed by atoms with van der Waals surface area (Å²) >= 11 is 5.76. The van der Waals surface area contributed by atoms with Crippen molar-refractivity contribution in [3.8, 4) is 0 Å². The number of nitrogens with one attached hydrogen (secondary N) is 3. The van der Waals surface area contributed by atoms with E-state index in [1.165, 1.54) is 30.7 Å². The molecule has 36 heavy (non-hydrogen) atoms. The van der Waals surface area contributed by atoms with Gasteiger partial charge in [0, 0.05) is 44.2 Å². The Hall–Kier alpha value is -3.38. The fraction of sp³-hybridized carbons (Fsp3) is 0.391. The number of hydrogen-bond donors (Lipinski definition) is 4. The number of nitrogens with zero attached hydrogens (tertiary/aromatic N) is 1. The van der Waals surface area contributed by atoms with Gasteiger partial charge in [0.1, 0.15) is 17.1 Å². The van der Waals surface area contributed by atoms with Crippen LogP contribution in [-0.2, 0) is 22.6 Å². The fourth-order valence-corrected chi connectivity index (χ4v) is 5.02. The van der Waals surface area contributed by atoms with Crippen molar-refractivity contribution in [3.63, 3.8) is 0 Å². The molecule has 192 valence electrons. The minimum atomic E-state index is -3.17. The molecule has 0 spiro atoms. The zero-order chi connectivity index (χ0) is 26.6. The van der Waals surface area contributed by atoms with E-state index in [9.17, 15) is 37.5 Å². The van der Waals surface area contributed by atoms with Gasteiger partial charge in [-0.25, -0.2) is 13.2 Å². The lowest BCUT2D eigenvalue weighted by Gasteiger charge is -2.45. The van der Waals surface area contributed by atoms with Crippen LogP contribution in [-0.4, -0.2) is 57.8 Å².